The zero-order chi connectivity index (χ0) is 10.5. The summed E-state index contributed by atoms with van der Waals surface area (Å²) in [6.45, 7) is 7.56. The number of nitrogens with zero attached hydrogens (tertiary/aromatic N) is 1. The third-order valence-corrected chi connectivity index (χ3v) is 2.69. The molecule has 0 aliphatic carbocycles. The lowest BCUT2D eigenvalue weighted by atomic mass is 10.2. The van der Waals surface area contributed by atoms with Crippen molar-refractivity contribution in [3.8, 4) is 0 Å². The largest absolute Gasteiger partial charge is 0.371 e. The number of hydrogen-bond donors (Lipinski definition) is 0. The van der Waals surface area contributed by atoms with Crippen molar-refractivity contribution in [3.05, 3.63) is 48.6 Å². The highest BCUT2D eigenvalue weighted by Crippen LogP contribution is 2.10. The smallest absolute Gasteiger partial charge is 0.0880 e. The van der Waals surface area contributed by atoms with E-state index >= 15 is 0 Å². The summed E-state index contributed by atoms with van der Waals surface area (Å²) in [6, 6.07) is 10.5. The molecule has 0 saturated carbocycles. The molecule has 1 aromatic carbocycles. The number of hydrogen-bond acceptors (Lipinski definition) is 2. The van der Waals surface area contributed by atoms with Crippen LogP contribution in [0.25, 0.3) is 0 Å². The van der Waals surface area contributed by atoms with E-state index in [4.69, 9.17) is 4.74 Å². The Hall–Kier alpha value is -1.12. The molecule has 2 heteroatoms. The molecule has 1 saturated heterocycles. The molecule has 1 aromatic rings. The van der Waals surface area contributed by atoms with Crippen molar-refractivity contribution in [2.45, 2.75) is 12.6 Å². The first-order valence-corrected chi connectivity index (χ1v) is 5.39. The molecule has 0 bridgehead atoms. The van der Waals surface area contributed by atoms with Crippen molar-refractivity contribution >= 4 is 0 Å². The molecular weight excluding hydrogens is 186 g/mol. The van der Waals surface area contributed by atoms with Crippen LogP contribution in [0.3, 0.4) is 0 Å². The highest BCUT2D eigenvalue weighted by Gasteiger charge is 2.17. The predicted molar refractivity (Wildman–Crippen MR) is 61.7 cm³/mol. The summed E-state index contributed by atoms with van der Waals surface area (Å²) in [5.41, 5.74) is 1.36. The minimum Gasteiger partial charge on any atom is -0.371 e. The predicted octanol–water partition coefficient (Wildman–Crippen LogP) is 2.07. The van der Waals surface area contributed by atoms with Crippen molar-refractivity contribution in [2.24, 2.45) is 0 Å². The van der Waals surface area contributed by atoms with Crippen molar-refractivity contribution in [1.82, 2.24) is 4.90 Å². The van der Waals surface area contributed by atoms with Gasteiger partial charge in [-0.15, -0.1) is 6.58 Å². The van der Waals surface area contributed by atoms with Crippen LogP contribution in [0.1, 0.15) is 5.56 Å². The third kappa shape index (κ3) is 2.91. The maximum Gasteiger partial charge on any atom is 0.0880 e. The summed E-state index contributed by atoms with van der Waals surface area (Å²) in [6.07, 6.45) is 2.08. The van der Waals surface area contributed by atoms with Crippen molar-refractivity contribution in [1.29, 1.82) is 0 Å². The topological polar surface area (TPSA) is 12.5 Å². The maximum atomic E-state index is 5.54. The second kappa shape index (κ2) is 5.10. The molecule has 1 fully saturated rings. The molecule has 1 atom stereocenters. The monoisotopic (exact) mass is 203 g/mol. The van der Waals surface area contributed by atoms with E-state index in [1.807, 2.05) is 6.08 Å². The van der Waals surface area contributed by atoms with Gasteiger partial charge in [0.05, 0.1) is 12.7 Å². The van der Waals surface area contributed by atoms with Gasteiger partial charge in [-0.05, 0) is 5.56 Å². The van der Waals surface area contributed by atoms with E-state index in [-0.39, 0.29) is 6.10 Å². The van der Waals surface area contributed by atoms with Gasteiger partial charge in [0.15, 0.2) is 0 Å². The van der Waals surface area contributed by atoms with Crippen molar-refractivity contribution in [3.63, 3.8) is 0 Å². The van der Waals surface area contributed by atoms with Crippen LogP contribution in [0.4, 0.5) is 0 Å². The standard InChI is InChI=1S/C13H17NO/c1-2-13-11-14(8-9-15-13)10-12-6-4-3-5-7-12/h2-7,13H,1,8-11H2/t13-/m1/s1. The first-order valence-electron chi connectivity index (χ1n) is 5.39. The van der Waals surface area contributed by atoms with Crippen LogP contribution in [0.15, 0.2) is 43.0 Å². The fraction of sp³-hybridized carbons (Fsp3) is 0.385. The van der Waals surface area contributed by atoms with Gasteiger partial charge in [-0.1, -0.05) is 36.4 Å². The van der Waals surface area contributed by atoms with Crippen molar-refractivity contribution < 1.29 is 4.74 Å². The fourth-order valence-corrected chi connectivity index (χ4v) is 1.86. The molecule has 1 aliphatic heterocycles. The molecular formula is C13H17NO. The average molecular weight is 203 g/mol. The van der Waals surface area contributed by atoms with Crippen LogP contribution >= 0.6 is 0 Å². The summed E-state index contributed by atoms with van der Waals surface area (Å²) >= 11 is 0. The lowest BCUT2D eigenvalue weighted by molar-refractivity contribution is -0.00631. The number of benzene rings is 1. The molecule has 0 aromatic heterocycles. The van der Waals surface area contributed by atoms with Gasteiger partial charge in [-0.25, -0.2) is 0 Å². The molecule has 1 aliphatic rings. The Morgan fingerprint density at radius 1 is 1.40 bits per heavy atom. The van der Waals surface area contributed by atoms with Crippen LogP contribution in [-0.4, -0.2) is 30.7 Å². The van der Waals surface area contributed by atoms with Gasteiger partial charge < -0.3 is 4.74 Å². The van der Waals surface area contributed by atoms with Gasteiger partial charge in [0.1, 0.15) is 0 Å². The van der Waals surface area contributed by atoms with E-state index in [2.05, 4.69) is 41.8 Å². The van der Waals surface area contributed by atoms with E-state index in [1.165, 1.54) is 5.56 Å². The number of morpholine rings is 1. The Morgan fingerprint density at radius 2 is 2.20 bits per heavy atom. The Labute approximate surface area is 91.2 Å². The highest BCUT2D eigenvalue weighted by atomic mass is 16.5. The Kier molecular flexibility index (Phi) is 3.54. The van der Waals surface area contributed by atoms with Gasteiger partial charge in [0.2, 0.25) is 0 Å². The molecule has 1 heterocycles. The van der Waals surface area contributed by atoms with Crippen LogP contribution in [-0.2, 0) is 11.3 Å². The summed E-state index contributed by atoms with van der Waals surface area (Å²) in [5, 5.41) is 0. The van der Waals surface area contributed by atoms with E-state index in [0.717, 1.165) is 26.2 Å². The van der Waals surface area contributed by atoms with Gasteiger partial charge >= 0.3 is 0 Å². The van der Waals surface area contributed by atoms with Gasteiger partial charge in [-0.3, -0.25) is 4.90 Å². The molecule has 0 radical (unpaired) electrons. The summed E-state index contributed by atoms with van der Waals surface area (Å²) in [4.78, 5) is 2.41. The summed E-state index contributed by atoms with van der Waals surface area (Å²) in [5.74, 6) is 0. The average Bonchev–Trinajstić information content (AvgIpc) is 2.31. The van der Waals surface area contributed by atoms with E-state index < -0.39 is 0 Å². The van der Waals surface area contributed by atoms with E-state index in [9.17, 15) is 0 Å². The van der Waals surface area contributed by atoms with Crippen LogP contribution in [0, 0.1) is 0 Å². The molecule has 0 spiro atoms. The Balaban J connectivity index is 1.92. The molecule has 2 nitrogen and oxygen atoms in total. The maximum absolute atomic E-state index is 5.54. The fourth-order valence-electron chi connectivity index (χ4n) is 1.86. The summed E-state index contributed by atoms with van der Waals surface area (Å²) < 4.78 is 5.54. The van der Waals surface area contributed by atoms with Crippen LogP contribution in [0.5, 0.6) is 0 Å². The molecule has 80 valence electrons. The van der Waals surface area contributed by atoms with Gasteiger partial charge in [0, 0.05) is 19.6 Å². The molecule has 0 N–H and O–H groups in total. The van der Waals surface area contributed by atoms with Crippen molar-refractivity contribution in [2.75, 3.05) is 19.7 Å². The quantitative estimate of drug-likeness (QED) is 0.697. The highest BCUT2D eigenvalue weighted by molar-refractivity contribution is 5.14. The van der Waals surface area contributed by atoms with Gasteiger partial charge in [0.25, 0.3) is 0 Å². The normalized spacial score (nSPS) is 22.5. The molecule has 0 amide bonds. The van der Waals surface area contributed by atoms with E-state index in [0.29, 0.717) is 0 Å². The Morgan fingerprint density at radius 3 is 2.93 bits per heavy atom. The van der Waals surface area contributed by atoms with Crippen LogP contribution in [0.2, 0.25) is 0 Å². The Bertz CT molecular complexity index is 310. The number of rotatable bonds is 3. The van der Waals surface area contributed by atoms with E-state index in [1.54, 1.807) is 0 Å². The lowest BCUT2D eigenvalue weighted by Crippen LogP contribution is -2.40. The minimum atomic E-state index is 0.197. The third-order valence-electron chi connectivity index (χ3n) is 2.69. The number of ether oxygens (including phenoxy) is 1. The molecule has 2 rings (SSSR count). The summed E-state index contributed by atoms with van der Waals surface area (Å²) in [7, 11) is 0. The second-order valence-electron chi connectivity index (χ2n) is 3.87. The lowest BCUT2D eigenvalue weighted by Gasteiger charge is -2.31. The zero-order valence-electron chi connectivity index (χ0n) is 8.93. The first kappa shape index (κ1) is 10.4. The SMILES string of the molecule is C=C[C@@H]1CN(Cc2ccccc2)CCO1. The first-order chi connectivity index (χ1) is 7.38. The molecule has 0 unspecified atom stereocenters. The molecule has 15 heavy (non-hydrogen) atoms. The van der Waals surface area contributed by atoms with Gasteiger partial charge in [-0.2, -0.15) is 0 Å². The minimum absolute atomic E-state index is 0.197. The second-order valence-corrected chi connectivity index (χ2v) is 3.87. The van der Waals surface area contributed by atoms with Crippen LogP contribution < -0.4 is 0 Å². The zero-order valence-corrected chi connectivity index (χ0v) is 8.93.